The van der Waals surface area contributed by atoms with Gasteiger partial charge in [-0.05, 0) is 50.4 Å². The molecule has 1 unspecified atom stereocenters. The summed E-state index contributed by atoms with van der Waals surface area (Å²) in [6, 6.07) is 6.16. The van der Waals surface area contributed by atoms with Gasteiger partial charge < -0.3 is 10.6 Å². The Labute approximate surface area is 109 Å². The van der Waals surface area contributed by atoms with Crippen molar-refractivity contribution in [1.29, 1.82) is 0 Å². The minimum absolute atomic E-state index is 0.0601. The molecule has 3 heteroatoms. The number of carbonyl (C=O) groups is 1. The van der Waals surface area contributed by atoms with E-state index in [1.807, 2.05) is 32.0 Å². The van der Waals surface area contributed by atoms with E-state index in [2.05, 4.69) is 10.6 Å². The fourth-order valence-corrected chi connectivity index (χ4v) is 2.40. The van der Waals surface area contributed by atoms with Crippen molar-refractivity contribution in [3.63, 3.8) is 0 Å². The Hall–Kier alpha value is -1.35. The molecule has 18 heavy (non-hydrogen) atoms. The van der Waals surface area contributed by atoms with E-state index in [1.54, 1.807) is 0 Å². The second-order valence-corrected chi connectivity index (χ2v) is 5.12. The lowest BCUT2D eigenvalue weighted by molar-refractivity contribution is 0.0935. The van der Waals surface area contributed by atoms with Crippen molar-refractivity contribution in [2.24, 2.45) is 0 Å². The Kier molecular flexibility index (Phi) is 4.37. The summed E-state index contributed by atoms with van der Waals surface area (Å²) in [5.74, 6) is 0.0601. The quantitative estimate of drug-likeness (QED) is 0.839. The van der Waals surface area contributed by atoms with Crippen molar-refractivity contribution in [3.05, 3.63) is 34.9 Å². The van der Waals surface area contributed by atoms with Crippen LogP contribution in [0, 0.1) is 13.8 Å². The highest BCUT2D eigenvalue weighted by molar-refractivity contribution is 5.96. The van der Waals surface area contributed by atoms with Crippen LogP contribution in [0.4, 0.5) is 0 Å². The summed E-state index contributed by atoms with van der Waals surface area (Å²) in [6.07, 6.45) is 3.46. The third kappa shape index (κ3) is 3.10. The first-order valence-electron chi connectivity index (χ1n) is 6.76. The molecule has 1 aromatic carbocycles. The van der Waals surface area contributed by atoms with Crippen LogP contribution >= 0.6 is 0 Å². The fraction of sp³-hybridized carbons (Fsp3) is 0.533. The molecule has 2 rings (SSSR count). The maximum atomic E-state index is 12.3. The van der Waals surface area contributed by atoms with E-state index in [0.29, 0.717) is 0 Å². The Morgan fingerprint density at radius 2 is 2.17 bits per heavy atom. The number of hydrogen-bond donors (Lipinski definition) is 2. The van der Waals surface area contributed by atoms with Crippen molar-refractivity contribution in [1.82, 2.24) is 10.6 Å². The first kappa shape index (κ1) is 13.1. The van der Waals surface area contributed by atoms with Crippen molar-refractivity contribution in [3.8, 4) is 0 Å². The summed E-state index contributed by atoms with van der Waals surface area (Å²) in [5, 5.41) is 6.51. The van der Waals surface area contributed by atoms with Crippen LogP contribution in [0.1, 0.15) is 40.7 Å². The molecule has 1 amide bonds. The predicted molar refractivity (Wildman–Crippen MR) is 73.9 cm³/mol. The van der Waals surface area contributed by atoms with Gasteiger partial charge in [-0.3, -0.25) is 4.79 Å². The molecule has 0 spiro atoms. The van der Waals surface area contributed by atoms with Gasteiger partial charge in [-0.15, -0.1) is 0 Å². The van der Waals surface area contributed by atoms with Crippen LogP contribution in [0.15, 0.2) is 18.2 Å². The number of amides is 1. The maximum Gasteiger partial charge on any atom is 0.251 e. The fourth-order valence-electron chi connectivity index (χ4n) is 2.40. The molecule has 2 N–H and O–H groups in total. The van der Waals surface area contributed by atoms with Crippen molar-refractivity contribution >= 4 is 5.91 Å². The van der Waals surface area contributed by atoms with Crippen LogP contribution in [-0.2, 0) is 0 Å². The molecule has 0 aliphatic carbocycles. The molecule has 1 aromatic rings. The molecule has 1 heterocycles. The van der Waals surface area contributed by atoms with E-state index in [9.17, 15) is 4.79 Å². The number of hydrogen-bond acceptors (Lipinski definition) is 2. The lowest BCUT2D eigenvalue weighted by Gasteiger charge is -2.17. The topological polar surface area (TPSA) is 41.1 Å². The third-order valence-corrected chi connectivity index (χ3v) is 3.73. The monoisotopic (exact) mass is 246 g/mol. The van der Waals surface area contributed by atoms with Crippen LogP contribution in [0.3, 0.4) is 0 Å². The first-order chi connectivity index (χ1) is 8.68. The molecule has 1 aliphatic rings. The maximum absolute atomic E-state index is 12.3. The number of carbonyl (C=O) groups excluding carboxylic acids is 1. The Morgan fingerprint density at radius 3 is 3.00 bits per heavy atom. The second-order valence-electron chi connectivity index (χ2n) is 5.12. The zero-order chi connectivity index (χ0) is 13.0. The van der Waals surface area contributed by atoms with E-state index in [-0.39, 0.29) is 11.9 Å². The molecular weight excluding hydrogens is 224 g/mol. The van der Waals surface area contributed by atoms with Crippen LogP contribution in [0.25, 0.3) is 0 Å². The van der Waals surface area contributed by atoms with Gasteiger partial charge in [0.25, 0.3) is 5.91 Å². The lowest BCUT2D eigenvalue weighted by Crippen LogP contribution is -2.41. The van der Waals surface area contributed by atoms with Gasteiger partial charge in [0.05, 0.1) is 0 Å². The van der Waals surface area contributed by atoms with Gasteiger partial charge in [0.1, 0.15) is 0 Å². The van der Waals surface area contributed by atoms with Crippen LogP contribution < -0.4 is 10.6 Å². The van der Waals surface area contributed by atoms with Crippen molar-refractivity contribution in [2.45, 2.75) is 39.2 Å². The van der Waals surface area contributed by atoms with E-state index >= 15 is 0 Å². The highest BCUT2D eigenvalue weighted by atomic mass is 16.1. The van der Waals surface area contributed by atoms with Crippen LogP contribution in [-0.4, -0.2) is 25.0 Å². The van der Waals surface area contributed by atoms with Gasteiger partial charge in [-0.1, -0.05) is 18.6 Å². The van der Waals surface area contributed by atoms with Gasteiger partial charge >= 0.3 is 0 Å². The van der Waals surface area contributed by atoms with Crippen LogP contribution in [0.2, 0.25) is 0 Å². The Bertz CT molecular complexity index is 421. The van der Waals surface area contributed by atoms with Gasteiger partial charge in [0.15, 0.2) is 0 Å². The summed E-state index contributed by atoms with van der Waals surface area (Å²) in [6.45, 7) is 6.00. The largest absolute Gasteiger partial charge is 0.348 e. The standard InChI is InChI=1S/C15H22N2O/c1-11-6-5-8-14(12(11)2)15(18)17-13-7-3-4-9-16-10-13/h5-6,8,13,16H,3-4,7,9-10H2,1-2H3,(H,17,18). The number of nitrogens with one attached hydrogen (secondary N) is 2. The zero-order valence-corrected chi connectivity index (χ0v) is 11.3. The molecule has 1 fully saturated rings. The molecule has 1 aliphatic heterocycles. The summed E-state index contributed by atoms with van der Waals surface area (Å²) in [5.41, 5.74) is 3.05. The van der Waals surface area contributed by atoms with E-state index < -0.39 is 0 Å². The number of aryl methyl sites for hydroxylation is 1. The Balaban J connectivity index is 2.04. The number of benzene rings is 1. The zero-order valence-electron chi connectivity index (χ0n) is 11.3. The summed E-state index contributed by atoms with van der Waals surface area (Å²) < 4.78 is 0. The van der Waals surface area contributed by atoms with Crippen molar-refractivity contribution < 1.29 is 4.79 Å². The van der Waals surface area contributed by atoms with Gasteiger partial charge in [-0.25, -0.2) is 0 Å². The SMILES string of the molecule is Cc1cccc(C(=O)NC2CCCCNC2)c1C. The summed E-state index contributed by atoms with van der Waals surface area (Å²) in [7, 11) is 0. The molecule has 98 valence electrons. The lowest BCUT2D eigenvalue weighted by atomic mass is 10.0. The summed E-state index contributed by atoms with van der Waals surface area (Å²) in [4.78, 5) is 12.3. The van der Waals surface area contributed by atoms with Gasteiger partial charge in [0.2, 0.25) is 0 Å². The molecule has 0 aromatic heterocycles. The molecule has 0 radical (unpaired) electrons. The number of rotatable bonds is 2. The second kappa shape index (κ2) is 6.01. The molecule has 3 nitrogen and oxygen atoms in total. The first-order valence-corrected chi connectivity index (χ1v) is 6.76. The average Bonchev–Trinajstić information content (AvgIpc) is 2.61. The minimum Gasteiger partial charge on any atom is -0.348 e. The third-order valence-electron chi connectivity index (χ3n) is 3.73. The van der Waals surface area contributed by atoms with E-state index in [4.69, 9.17) is 0 Å². The molecule has 1 saturated heterocycles. The molecule has 0 saturated carbocycles. The van der Waals surface area contributed by atoms with Crippen molar-refractivity contribution in [2.75, 3.05) is 13.1 Å². The smallest absolute Gasteiger partial charge is 0.251 e. The van der Waals surface area contributed by atoms with Gasteiger partial charge in [-0.2, -0.15) is 0 Å². The predicted octanol–water partition coefficient (Wildman–Crippen LogP) is 2.18. The molecule has 0 bridgehead atoms. The van der Waals surface area contributed by atoms with E-state index in [0.717, 1.165) is 30.6 Å². The Morgan fingerprint density at radius 1 is 1.33 bits per heavy atom. The summed E-state index contributed by atoms with van der Waals surface area (Å²) >= 11 is 0. The molecule has 1 atom stereocenters. The minimum atomic E-state index is 0.0601. The molecular formula is C15H22N2O. The highest BCUT2D eigenvalue weighted by Gasteiger charge is 2.16. The highest BCUT2D eigenvalue weighted by Crippen LogP contribution is 2.13. The van der Waals surface area contributed by atoms with E-state index in [1.165, 1.54) is 18.4 Å². The van der Waals surface area contributed by atoms with Crippen LogP contribution in [0.5, 0.6) is 0 Å². The average molecular weight is 246 g/mol. The normalized spacial score (nSPS) is 20.2. The van der Waals surface area contributed by atoms with Gasteiger partial charge in [0, 0.05) is 18.2 Å².